The second-order valence-corrected chi connectivity index (χ2v) is 8.49. The van der Waals surface area contributed by atoms with Gasteiger partial charge in [-0.3, -0.25) is 9.59 Å². The van der Waals surface area contributed by atoms with Crippen molar-refractivity contribution < 1.29 is 28.9 Å². The molecule has 1 amide bonds. The molecule has 1 heterocycles. The third kappa shape index (κ3) is 4.83. The maximum absolute atomic E-state index is 13.2. The van der Waals surface area contributed by atoms with Crippen LogP contribution < -0.4 is 14.2 Å². The van der Waals surface area contributed by atoms with Crippen molar-refractivity contribution in [1.29, 1.82) is 0 Å². The van der Waals surface area contributed by atoms with Crippen LogP contribution in [0.15, 0.2) is 42.0 Å². The number of benzene rings is 2. The molecule has 1 N–H and O–H groups in total. The molecule has 2 aromatic rings. The minimum absolute atomic E-state index is 0.0392. The number of aliphatic hydroxyl groups excluding tert-OH is 1. The number of methoxy groups -OCH3 is 3. The Morgan fingerprint density at radius 3 is 2.35 bits per heavy atom. The summed E-state index contributed by atoms with van der Waals surface area (Å²) in [6.45, 7) is 1.03. The number of carbonyl (C=O) groups is 2. The Bertz CT molecular complexity index is 1110. The van der Waals surface area contributed by atoms with Gasteiger partial charge in [-0.1, -0.05) is 23.7 Å². The molecule has 1 atom stereocenters. The smallest absolute Gasteiger partial charge is 0.295 e. The summed E-state index contributed by atoms with van der Waals surface area (Å²) in [5.74, 6) is -0.528. The molecule has 1 unspecified atom stereocenters. The Morgan fingerprint density at radius 2 is 1.76 bits per heavy atom. The number of Topliss-reactive ketones (excluding diaryl/α,β-unsaturated/α-hetero) is 1. The molecule has 34 heavy (non-hydrogen) atoms. The lowest BCUT2D eigenvalue weighted by atomic mass is 9.94. The normalized spacial score (nSPS) is 17.4. The van der Waals surface area contributed by atoms with Crippen LogP contribution in [0.25, 0.3) is 5.76 Å². The molecule has 1 saturated heterocycles. The van der Waals surface area contributed by atoms with Gasteiger partial charge in [0.05, 0.1) is 38.0 Å². The number of hydrogen-bond acceptors (Lipinski definition) is 7. The predicted octanol–water partition coefficient (Wildman–Crippen LogP) is 3.74. The van der Waals surface area contributed by atoms with Crippen LogP contribution >= 0.6 is 11.6 Å². The molecule has 1 fully saturated rings. The summed E-state index contributed by atoms with van der Waals surface area (Å²) < 4.78 is 16.2. The van der Waals surface area contributed by atoms with Crippen LogP contribution in [-0.4, -0.2) is 75.1 Å². The summed E-state index contributed by atoms with van der Waals surface area (Å²) in [6.07, 6.45) is 0.636. The Hall–Kier alpha value is -3.23. The number of rotatable bonds is 9. The molecule has 0 radical (unpaired) electrons. The third-order valence-corrected chi connectivity index (χ3v) is 5.99. The molecular weight excluding hydrogens is 460 g/mol. The minimum atomic E-state index is -0.868. The Labute approximate surface area is 204 Å². The lowest BCUT2D eigenvalue weighted by molar-refractivity contribution is -0.140. The maximum Gasteiger partial charge on any atom is 0.295 e. The first kappa shape index (κ1) is 25.4. The van der Waals surface area contributed by atoms with Gasteiger partial charge in [-0.25, -0.2) is 0 Å². The summed E-state index contributed by atoms with van der Waals surface area (Å²) >= 11 is 6.25. The number of carbonyl (C=O) groups excluding carboxylic acids is 2. The zero-order valence-corrected chi connectivity index (χ0v) is 20.7. The van der Waals surface area contributed by atoms with E-state index in [0.29, 0.717) is 41.3 Å². The fourth-order valence-electron chi connectivity index (χ4n) is 4.09. The number of halogens is 1. The van der Waals surface area contributed by atoms with E-state index in [9.17, 15) is 14.7 Å². The average Bonchev–Trinajstić information content (AvgIpc) is 3.07. The van der Waals surface area contributed by atoms with Gasteiger partial charge in [0.15, 0.2) is 11.5 Å². The van der Waals surface area contributed by atoms with Crippen LogP contribution in [0.4, 0.5) is 0 Å². The minimum Gasteiger partial charge on any atom is -0.507 e. The van der Waals surface area contributed by atoms with Crippen LogP contribution in [0.3, 0.4) is 0 Å². The highest BCUT2D eigenvalue weighted by Crippen LogP contribution is 2.45. The molecule has 0 aromatic heterocycles. The van der Waals surface area contributed by atoms with Crippen LogP contribution in [0.5, 0.6) is 17.2 Å². The first-order valence-electron chi connectivity index (χ1n) is 10.7. The van der Waals surface area contributed by atoms with E-state index in [1.165, 1.54) is 32.3 Å². The largest absolute Gasteiger partial charge is 0.507 e. The summed E-state index contributed by atoms with van der Waals surface area (Å²) in [5.41, 5.74) is 0.790. The van der Waals surface area contributed by atoms with Gasteiger partial charge in [0.1, 0.15) is 11.5 Å². The van der Waals surface area contributed by atoms with Crippen molar-refractivity contribution in [1.82, 2.24) is 9.80 Å². The zero-order chi connectivity index (χ0) is 25.0. The van der Waals surface area contributed by atoms with Gasteiger partial charge in [-0.15, -0.1) is 0 Å². The van der Waals surface area contributed by atoms with E-state index in [-0.39, 0.29) is 16.4 Å². The molecular formula is C25H29ClN2O6. The van der Waals surface area contributed by atoms with Crippen molar-refractivity contribution in [3.05, 3.63) is 58.1 Å². The molecule has 8 nitrogen and oxygen atoms in total. The second kappa shape index (κ2) is 10.8. The van der Waals surface area contributed by atoms with Crippen molar-refractivity contribution in [3.63, 3.8) is 0 Å². The summed E-state index contributed by atoms with van der Waals surface area (Å²) in [4.78, 5) is 29.8. The summed E-state index contributed by atoms with van der Waals surface area (Å²) in [6, 6.07) is 9.03. The molecule has 0 spiro atoms. The highest BCUT2D eigenvalue weighted by molar-refractivity contribution is 6.46. The van der Waals surface area contributed by atoms with E-state index >= 15 is 0 Å². The lowest BCUT2D eigenvalue weighted by Gasteiger charge is -2.27. The third-order valence-electron chi connectivity index (χ3n) is 5.70. The number of amides is 1. The van der Waals surface area contributed by atoms with E-state index < -0.39 is 17.7 Å². The fraction of sp³-hybridized carbons (Fsp3) is 0.360. The quantitative estimate of drug-likeness (QED) is 0.327. The van der Waals surface area contributed by atoms with Gasteiger partial charge in [0.2, 0.25) is 0 Å². The molecule has 0 aliphatic carbocycles. The Morgan fingerprint density at radius 1 is 1.06 bits per heavy atom. The molecule has 1 aliphatic rings. The van der Waals surface area contributed by atoms with Crippen molar-refractivity contribution >= 4 is 29.1 Å². The maximum atomic E-state index is 13.2. The van der Waals surface area contributed by atoms with E-state index in [4.69, 9.17) is 25.8 Å². The van der Waals surface area contributed by atoms with Crippen LogP contribution in [0.1, 0.15) is 23.6 Å². The Kier molecular flexibility index (Phi) is 8.06. The molecule has 1 aliphatic heterocycles. The van der Waals surface area contributed by atoms with Gasteiger partial charge in [0.25, 0.3) is 11.7 Å². The molecule has 0 bridgehead atoms. The standard InChI is InChI=1S/C25H29ClN2O6/c1-27(2)12-7-13-28-21(16-8-6-9-19(33-4)24(16)34-5)20(23(30)25(28)31)22(29)15-10-11-18(32-3)17(26)14-15/h6,8-11,14,21,29H,7,12-13H2,1-5H3/b22-20+. The van der Waals surface area contributed by atoms with Crippen molar-refractivity contribution in [2.24, 2.45) is 0 Å². The number of para-hydroxylation sites is 1. The van der Waals surface area contributed by atoms with Crippen LogP contribution in [0.2, 0.25) is 5.02 Å². The molecule has 2 aromatic carbocycles. The Balaban J connectivity index is 2.21. The van der Waals surface area contributed by atoms with Crippen LogP contribution in [0, 0.1) is 0 Å². The SMILES string of the molecule is COc1ccc(/C(O)=C2\C(=O)C(=O)N(CCCN(C)C)C2c2cccc(OC)c2OC)cc1Cl. The summed E-state index contributed by atoms with van der Waals surface area (Å²) in [7, 11) is 8.35. The predicted molar refractivity (Wildman–Crippen MR) is 130 cm³/mol. The zero-order valence-electron chi connectivity index (χ0n) is 19.9. The number of nitrogens with zero attached hydrogens (tertiary/aromatic N) is 2. The number of aliphatic hydroxyl groups is 1. The number of ether oxygens (including phenoxy) is 3. The van der Waals surface area contributed by atoms with Gasteiger partial charge in [-0.2, -0.15) is 0 Å². The number of hydrogen-bond donors (Lipinski definition) is 1. The van der Waals surface area contributed by atoms with E-state index in [1.807, 2.05) is 19.0 Å². The molecule has 3 rings (SSSR count). The van der Waals surface area contributed by atoms with Crippen molar-refractivity contribution in [2.75, 3.05) is 48.5 Å². The number of likely N-dealkylation sites (tertiary alicyclic amines) is 1. The van der Waals surface area contributed by atoms with Crippen LogP contribution in [-0.2, 0) is 9.59 Å². The molecule has 182 valence electrons. The van der Waals surface area contributed by atoms with Gasteiger partial charge < -0.3 is 29.1 Å². The van der Waals surface area contributed by atoms with Crippen molar-refractivity contribution in [2.45, 2.75) is 12.5 Å². The second-order valence-electron chi connectivity index (χ2n) is 8.08. The highest BCUT2D eigenvalue weighted by Gasteiger charge is 2.47. The van der Waals surface area contributed by atoms with E-state index in [1.54, 1.807) is 30.3 Å². The summed E-state index contributed by atoms with van der Waals surface area (Å²) in [5, 5.41) is 11.5. The number of ketones is 1. The molecule has 0 saturated carbocycles. The molecule has 9 heteroatoms. The average molecular weight is 489 g/mol. The van der Waals surface area contributed by atoms with Gasteiger partial charge in [-0.05, 0) is 51.3 Å². The monoisotopic (exact) mass is 488 g/mol. The lowest BCUT2D eigenvalue weighted by Crippen LogP contribution is -2.32. The fourth-order valence-corrected chi connectivity index (χ4v) is 4.35. The highest BCUT2D eigenvalue weighted by atomic mass is 35.5. The van der Waals surface area contributed by atoms with Crippen molar-refractivity contribution in [3.8, 4) is 17.2 Å². The topological polar surface area (TPSA) is 88.5 Å². The first-order chi connectivity index (χ1) is 16.2. The first-order valence-corrected chi connectivity index (χ1v) is 11.1. The van der Waals surface area contributed by atoms with E-state index in [2.05, 4.69) is 0 Å². The van der Waals surface area contributed by atoms with Gasteiger partial charge in [0, 0.05) is 17.7 Å². The van der Waals surface area contributed by atoms with Gasteiger partial charge >= 0.3 is 0 Å². The van der Waals surface area contributed by atoms with E-state index in [0.717, 1.165) is 6.54 Å².